The van der Waals surface area contributed by atoms with Gasteiger partial charge in [-0.15, -0.1) is 0 Å². The van der Waals surface area contributed by atoms with E-state index >= 15 is 0 Å². The number of hydrogen-bond donors (Lipinski definition) is 0. The first-order valence-corrected chi connectivity index (χ1v) is 10.0. The molecule has 1 aromatic carbocycles. The van der Waals surface area contributed by atoms with Crippen molar-refractivity contribution in [3.05, 3.63) is 24.3 Å². The molecule has 0 N–H and O–H groups in total. The number of anilines is 1. The molecule has 0 atom stereocenters. The number of likely N-dealkylation sites (tertiary alicyclic amines) is 1. The molecule has 0 saturated carbocycles. The zero-order chi connectivity index (χ0) is 18.8. The van der Waals surface area contributed by atoms with Crippen LogP contribution in [0, 0.1) is 0 Å². The Hall–Kier alpha value is -1.76. The summed E-state index contributed by atoms with van der Waals surface area (Å²) in [7, 11) is 0.352. The van der Waals surface area contributed by atoms with Gasteiger partial charge in [-0.05, 0) is 51.8 Å². The molecule has 0 aliphatic carbocycles. The zero-order valence-corrected chi connectivity index (χ0v) is 16.5. The van der Waals surface area contributed by atoms with Gasteiger partial charge in [-0.25, -0.2) is 13.2 Å². The van der Waals surface area contributed by atoms with Gasteiger partial charge in [0.1, 0.15) is 5.60 Å². The van der Waals surface area contributed by atoms with Gasteiger partial charge in [-0.3, -0.25) is 0 Å². The Labute approximate surface area is 150 Å². The lowest BCUT2D eigenvalue weighted by Crippen LogP contribution is -2.44. The Morgan fingerprint density at radius 1 is 1.20 bits per heavy atom. The average molecular weight is 368 g/mol. The molecule has 0 radical (unpaired) electrons. The fourth-order valence-corrected chi connectivity index (χ4v) is 4.58. The van der Waals surface area contributed by atoms with E-state index in [1.807, 2.05) is 45.8 Å². The first kappa shape index (κ1) is 19.6. The molecule has 1 aromatic rings. The monoisotopic (exact) mass is 368 g/mol. The molecule has 1 fully saturated rings. The molecule has 1 aliphatic rings. The highest BCUT2D eigenvalue weighted by atomic mass is 32.2. The number of amides is 1. The predicted molar refractivity (Wildman–Crippen MR) is 98.8 cm³/mol. The topological polar surface area (TPSA) is 66.9 Å². The van der Waals surface area contributed by atoms with E-state index in [9.17, 15) is 13.2 Å². The fourth-order valence-electron chi connectivity index (χ4n) is 2.81. The molecular formula is C18H28N2O4S. The standard InChI is InChI=1S/C18H28N2O4S/c1-18(2,3)24-17(21)20-11-9-15(10-12-20)25(22,23)16-8-6-7-14(13-16)19(4)5/h6-8,13,15H,9-12H2,1-5H3. The third-order valence-corrected chi connectivity index (χ3v) is 6.46. The Morgan fingerprint density at radius 3 is 2.32 bits per heavy atom. The van der Waals surface area contributed by atoms with E-state index in [2.05, 4.69) is 0 Å². The van der Waals surface area contributed by atoms with Gasteiger partial charge in [-0.2, -0.15) is 0 Å². The van der Waals surface area contributed by atoms with Gasteiger partial charge in [0.05, 0.1) is 10.1 Å². The van der Waals surface area contributed by atoms with Crippen molar-refractivity contribution in [3.8, 4) is 0 Å². The van der Waals surface area contributed by atoms with Gasteiger partial charge in [-0.1, -0.05) is 6.07 Å². The van der Waals surface area contributed by atoms with Crippen LogP contribution in [0.5, 0.6) is 0 Å². The molecule has 1 saturated heterocycles. The van der Waals surface area contributed by atoms with Crippen LogP contribution in [0.3, 0.4) is 0 Å². The number of ether oxygens (including phenoxy) is 1. The maximum absolute atomic E-state index is 12.9. The largest absolute Gasteiger partial charge is 0.444 e. The molecule has 0 spiro atoms. The van der Waals surface area contributed by atoms with Crippen molar-refractivity contribution in [3.63, 3.8) is 0 Å². The van der Waals surface area contributed by atoms with Gasteiger partial charge >= 0.3 is 6.09 Å². The summed E-state index contributed by atoms with van der Waals surface area (Å²) in [6, 6.07) is 6.99. The van der Waals surface area contributed by atoms with Crippen molar-refractivity contribution in [2.75, 3.05) is 32.1 Å². The lowest BCUT2D eigenvalue weighted by Gasteiger charge is -2.33. The SMILES string of the molecule is CN(C)c1cccc(S(=O)(=O)C2CCN(C(=O)OC(C)(C)C)CC2)c1. The highest BCUT2D eigenvalue weighted by Crippen LogP contribution is 2.27. The van der Waals surface area contributed by atoms with Crippen LogP contribution in [-0.2, 0) is 14.6 Å². The maximum Gasteiger partial charge on any atom is 0.410 e. The molecule has 1 heterocycles. The number of hydrogen-bond acceptors (Lipinski definition) is 5. The molecule has 6 nitrogen and oxygen atoms in total. The van der Waals surface area contributed by atoms with Gasteiger partial charge in [0.15, 0.2) is 9.84 Å². The second kappa shape index (κ2) is 7.23. The quantitative estimate of drug-likeness (QED) is 0.821. The van der Waals surface area contributed by atoms with Crippen LogP contribution in [0.25, 0.3) is 0 Å². The Kier molecular flexibility index (Phi) is 5.66. The Balaban J connectivity index is 2.07. The highest BCUT2D eigenvalue weighted by molar-refractivity contribution is 7.92. The zero-order valence-electron chi connectivity index (χ0n) is 15.7. The number of carbonyl (C=O) groups excluding carboxylic acids is 1. The van der Waals surface area contributed by atoms with E-state index in [1.54, 1.807) is 23.1 Å². The Morgan fingerprint density at radius 2 is 1.80 bits per heavy atom. The van der Waals surface area contributed by atoms with E-state index in [0.717, 1.165) is 5.69 Å². The van der Waals surface area contributed by atoms with Crippen molar-refractivity contribution in [2.24, 2.45) is 0 Å². The first-order chi connectivity index (χ1) is 11.5. The van der Waals surface area contributed by atoms with E-state index < -0.39 is 20.7 Å². The number of nitrogens with zero attached hydrogens (tertiary/aromatic N) is 2. The van der Waals surface area contributed by atoms with Crippen LogP contribution < -0.4 is 4.90 Å². The second-order valence-corrected chi connectivity index (χ2v) is 9.83. The molecule has 0 aromatic heterocycles. The number of benzene rings is 1. The maximum atomic E-state index is 12.9. The molecule has 2 rings (SSSR count). The lowest BCUT2D eigenvalue weighted by molar-refractivity contribution is 0.0217. The number of carbonyl (C=O) groups is 1. The number of sulfone groups is 1. The van der Waals surface area contributed by atoms with Crippen molar-refractivity contribution in [1.29, 1.82) is 0 Å². The summed E-state index contributed by atoms with van der Waals surface area (Å²) >= 11 is 0. The van der Waals surface area contributed by atoms with Crippen molar-refractivity contribution in [1.82, 2.24) is 4.90 Å². The minimum Gasteiger partial charge on any atom is -0.444 e. The molecule has 1 aliphatic heterocycles. The second-order valence-electron chi connectivity index (χ2n) is 7.60. The molecule has 25 heavy (non-hydrogen) atoms. The van der Waals surface area contributed by atoms with Gasteiger partial charge in [0.2, 0.25) is 0 Å². The van der Waals surface area contributed by atoms with Crippen molar-refractivity contribution >= 4 is 21.6 Å². The lowest BCUT2D eigenvalue weighted by atomic mass is 10.1. The molecule has 7 heteroatoms. The summed E-state index contributed by atoms with van der Waals surface area (Å²) in [6.07, 6.45) is 0.472. The normalized spacial score (nSPS) is 16.6. The molecule has 0 bridgehead atoms. The van der Waals surface area contributed by atoms with Gasteiger partial charge in [0, 0.05) is 32.9 Å². The predicted octanol–water partition coefficient (Wildman–Crippen LogP) is 2.93. The summed E-state index contributed by atoms with van der Waals surface area (Å²) in [5, 5.41) is -0.469. The van der Waals surface area contributed by atoms with Gasteiger partial charge in [0.25, 0.3) is 0 Å². The fraction of sp³-hybridized carbons (Fsp3) is 0.611. The molecule has 0 unspecified atom stereocenters. The summed E-state index contributed by atoms with van der Waals surface area (Å²) in [6.45, 7) is 6.25. The third-order valence-electron chi connectivity index (χ3n) is 4.20. The average Bonchev–Trinajstić information content (AvgIpc) is 2.53. The van der Waals surface area contributed by atoms with Crippen molar-refractivity contribution < 1.29 is 17.9 Å². The van der Waals surface area contributed by atoms with E-state index in [4.69, 9.17) is 4.74 Å². The smallest absolute Gasteiger partial charge is 0.410 e. The molecular weight excluding hydrogens is 340 g/mol. The molecule has 1 amide bonds. The van der Waals surface area contributed by atoms with Crippen LogP contribution in [0.1, 0.15) is 33.6 Å². The number of rotatable bonds is 3. The first-order valence-electron chi connectivity index (χ1n) is 8.50. The summed E-state index contributed by atoms with van der Waals surface area (Å²) in [5.74, 6) is 0. The van der Waals surface area contributed by atoms with E-state index in [0.29, 0.717) is 30.8 Å². The summed E-state index contributed by atoms with van der Waals surface area (Å²) in [5.41, 5.74) is 0.305. The number of piperidine rings is 1. The van der Waals surface area contributed by atoms with Crippen LogP contribution in [-0.4, -0.2) is 57.4 Å². The van der Waals surface area contributed by atoms with Crippen LogP contribution in [0.4, 0.5) is 10.5 Å². The summed E-state index contributed by atoms with van der Waals surface area (Å²) in [4.78, 5) is 15.9. The third kappa shape index (κ3) is 4.87. The minimum absolute atomic E-state index is 0.342. The summed E-state index contributed by atoms with van der Waals surface area (Å²) < 4.78 is 31.2. The Bertz CT molecular complexity index is 715. The van der Waals surface area contributed by atoms with Gasteiger partial charge < -0.3 is 14.5 Å². The van der Waals surface area contributed by atoms with E-state index in [1.165, 1.54) is 0 Å². The van der Waals surface area contributed by atoms with E-state index in [-0.39, 0.29) is 6.09 Å². The van der Waals surface area contributed by atoms with Crippen LogP contribution >= 0.6 is 0 Å². The van der Waals surface area contributed by atoms with Crippen LogP contribution in [0.15, 0.2) is 29.2 Å². The minimum atomic E-state index is -3.41. The van der Waals surface area contributed by atoms with Crippen molar-refractivity contribution in [2.45, 2.75) is 49.4 Å². The highest BCUT2D eigenvalue weighted by Gasteiger charge is 2.34. The van der Waals surface area contributed by atoms with Crippen LogP contribution in [0.2, 0.25) is 0 Å². The molecule has 140 valence electrons.